The molecule has 4 rings (SSSR count). The molecule has 168 valence electrons. The lowest BCUT2D eigenvalue weighted by atomic mass is 9.71. The van der Waals surface area contributed by atoms with Gasteiger partial charge in [0.2, 0.25) is 11.8 Å². The fourth-order valence-electron chi connectivity index (χ4n) is 5.40. The summed E-state index contributed by atoms with van der Waals surface area (Å²) in [5.74, 6) is -0.647. The first-order valence-electron chi connectivity index (χ1n) is 11.6. The van der Waals surface area contributed by atoms with Crippen LogP contribution in [0.3, 0.4) is 0 Å². The number of hydrogen-bond acceptors (Lipinski definition) is 3. The monoisotopic (exact) mass is 433 g/mol. The second-order valence-electron chi connectivity index (χ2n) is 8.89. The van der Waals surface area contributed by atoms with Crippen LogP contribution in [0.25, 0.3) is 0 Å². The van der Waals surface area contributed by atoms with Gasteiger partial charge < -0.3 is 15.5 Å². The predicted octanol–water partition coefficient (Wildman–Crippen LogP) is 4.94. The Morgan fingerprint density at radius 1 is 1.03 bits per heavy atom. The van der Waals surface area contributed by atoms with Gasteiger partial charge in [-0.05, 0) is 49.1 Å². The number of amides is 3. The third-order valence-corrected chi connectivity index (χ3v) is 6.74. The molecule has 1 heterocycles. The molecule has 2 aliphatic rings. The minimum absolute atomic E-state index is 0.0488. The van der Waals surface area contributed by atoms with Crippen LogP contribution in [0, 0.1) is 0 Å². The molecule has 1 aliphatic heterocycles. The van der Waals surface area contributed by atoms with Gasteiger partial charge in [0.25, 0.3) is 5.91 Å². The van der Waals surface area contributed by atoms with Crippen molar-refractivity contribution < 1.29 is 14.4 Å². The van der Waals surface area contributed by atoms with Crippen LogP contribution in [0.1, 0.15) is 74.2 Å². The number of rotatable bonds is 6. The van der Waals surface area contributed by atoms with E-state index in [1.54, 1.807) is 18.2 Å². The summed E-state index contributed by atoms with van der Waals surface area (Å²) in [7, 11) is 0. The molecule has 0 aromatic heterocycles. The number of carbonyl (C=O) groups is 3. The predicted molar refractivity (Wildman–Crippen MR) is 126 cm³/mol. The number of unbranched alkanes of at least 4 members (excludes halogenated alkanes) is 1. The highest BCUT2D eigenvalue weighted by atomic mass is 16.2. The fourth-order valence-corrected chi connectivity index (χ4v) is 5.40. The largest absolute Gasteiger partial charge is 0.332 e. The first-order valence-corrected chi connectivity index (χ1v) is 11.6. The number of carbonyl (C=O) groups excluding carboxylic acids is 3. The Labute approximate surface area is 189 Å². The number of benzene rings is 2. The summed E-state index contributed by atoms with van der Waals surface area (Å²) in [5, 5.41) is 5.84. The molecule has 0 radical (unpaired) electrons. The van der Waals surface area contributed by atoms with Crippen molar-refractivity contribution in [2.75, 3.05) is 17.2 Å². The van der Waals surface area contributed by atoms with E-state index in [0.717, 1.165) is 44.1 Å². The molecule has 3 amide bonds. The summed E-state index contributed by atoms with van der Waals surface area (Å²) >= 11 is 0. The van der Waals surface area contributed by atoms with E-state index in [9.17, 15) is 14.4 Å². The van der Waals surface area contributed by atoms with E-state index < -0.39 is 11.5 Å². The molecule has 1 aliphatic carbocycles. The first-order chi connectivity index (χ1) is 15.5. The average molecular weight is 434 g/mol. The summed E-state index contributed by atoms with van der Waals surface area (Å²) in [5.41, 5.74) is 2.23. The Balaban J connectivity index is 1.73. The molecule has 6 nitrogen and oxygen atoms in total. The number of anilines is 2. The van der Waals surface area contributed by atoms with Gasteiger partial charge in [0.15, 0.2) is 0 Å². The quantitative estimate of drug-likeness (QED) is 0.678. The molecule has 2 N–H and O–H groups in total. The van der Waals surface area contributed by atoms with Gasteiger partial charge >= 0.3 is 0 Å². The minimum Gasteiger partial charge on any atom is -0.332 e. The third kappa shape index (κ3) is 4.01. The lowest BCUT2D eigenvalue weighted by molar-refractivity contribution is -0.121. The van der Waals surface area contributed by atoms with Crippen molar-refractivity contribution in [1.29, 1.82) is 0 Å². The van der Waals surface area contributed by atoms with Gasteiger partial charge in [-0.2, -0.15) is 0 Å². The maximum Gasteiger partial charge on any atom is 0.254 e. The van der Waals surface area contributed by atoms with Crippen LogP contribution in [-0.2, 0) is 9.59 Å². The lowest BCUT2D eigenvalue weighted by Gasteiger charge is -2.50. The second-order valence-corrected chi connectivity index (χ2v) is 8.89. The zero-order valence-corrected chi connectivity index (χ0v) is 18.8. The van der Waals surface area contributed by atoms with Crippen LogP contribution in [0.4, 0.5) is 11.4 Å². The maximum atomic E-state index is 13.8. The van der Waals surface area contributed by atoms with Gasteiger partial charge in [-0.3, -0.25) is 14.4 Å². The Bertz CT molecular complexity index is 1030. The topological polar surface area (TPSA) is 78.5 Å². The minimum atomic E-state index is -0.486. The van der Waals surface area contributed by atoms with Crippen molar-refractivity contribution in [3.63, 3.8) is 0 Å². The zero-order valence-electron chi connectivity index (χ0n) is 18.8. The highest BCUT2D eigenvalue weighted by Gasteiger charge is 2.55. The van der Waals surface area contributed by atoms with Crippen LogP contribution < -0.4 is 10.6 Å². The van der Waals surface area contributed by atoms with E-state index in [0.29, 0.717) is 23.5 Å². The maximum absolute atomic E-state index is 13.8. The Hall–Kier alpha value is -3.15. The highest BCUT2D eigenvalue weighted by Crippen LogP contribution is 2.50. The number of nitrogens with one attached hydrogen (secondary N) is 2. The van der Waals surface area contributed by atoms with Gasteiger partial charge in [-0.25, -0.2) is 0 Å². The second kappa shape index (κ2) is 9.15. The van der Waals surface area contributed by atoms with Crippen LogP contribution in [0.15, 0.2) is 48.5 Å². The molecule has 2 aromatic rings. The summed E-state index contributed by atoms with van der Waals surface area (Å²) in [4.78, 5) is 40.7. The van der Waals surface area contributed by atoms with E-state index in [-0.39, 0.29) is 17.7 Å². The molecular weight excluding hydrogens is 402 g/mol. The molecule has 0 unspecified atom stereocenters. The normalized spacial score (nSPS) is 19.0. The molecule has 6 heteroatoms. The smallest absolute Gasteiger partial charge is 0.254 e. The summed E-state index contributed by atoms with van der Waals surface area (Å²) in [6, 6.07) is 14.7. The van der Waals surface area contributed by atoms with E-state index in [1.165, 1.54) is 6.92 Å². The number of hydrogen-bond donors (Lipinski definition) is 2. The summed E-state index contributed by atoms with van der Waals surface area (Å²) < 4.78 is 0. The Morgan fingerprint density at radius 3 is 2.41 bits per heavy atom. The van der Waals surface area contributed by atoms with Gasteiger partial charge in [0.05, 0.1) is 11.5 Å². The fraction of sp³-hybridized carbons (Fsp3) is 0.423. The van der Waals surface area contributed by atoms with Gasteiger partial charge in [0, 0.05) is 30.4 Å². The molecule has 1 spiro atoms. The molecule has 1 saturated carbocycles. The van der Waals surface area contributed by atoms with Crippen molar-refractivity contribution >= 4 is 29.1 Å². The molecule has 2 aromatic carbocycles. The van der Waals surface area contributed by atoms with Crippen molar-refractivity contribution in [2.24, 2.45) is 0 Å². The molecule has 1 atom stereocenters. The summed E-state index contributed by atoms with van der Waals surface area (Å²) in [6.45, 7) is 4.25. The average Bonchev–Trinajstić information content (AvgIpc) is 3.23. The van der Waals surface area contributed by atoms with Crippen LogP contribution in [-0.4, -0.2) is 34.7 Å². The lowest BCUT2D eigenvalue weighted by Crippen LogP contribution is -2.60. The standard InChI is InChI=1S/C26H31N3O3/c1-3-4-16-29-25(32)22-13-6-5-12-21(22)23(26(29)14-7-8-15-26)24(31)28-20-11-9-10-19(17-20)27-18(2)30/h5-6,9-13,17,23H,3-4,7-8,14-16H2,1-2H3,(H,27,30)(H,28,31)/t23-/m1/s1. The SMILES string of the molecule is CCCCN1C(=O)c2ccccc2[C@H](C(=O)Nc2cccc(NC(C)=O)c2)C12CCCC2. The van der Waals surface area contributed by atoms with E-state index >= 15 is 0 Å². The van der Waals surface area contributed by atoms with Crippen LogP contribution in [0.2, 0.25) is 0 Å². The Kier molecular flexibility index (Phi) is 6.31. The highest BCUT2D eigenvalue weighted by molar-refractivity contribution is 6.05. The van der Waals surface area contributed by atoms with Gasteiger partial charge in [0.1, 0.15) is 0 Å². The van der Waals surface area contributed by atoms with Crippen molar-refractivity contribution in [3.05, 3.63) is 59.7 Å². The van der Waals surface area contributed by atoms with E-state index in [1.807, 2.05) is 35.2 Å². The molecule has 32 heavy (non-hydrogen) atoms. The van der Waals surface area contributed by atoms with E-state index in [2.05, 4.69) is 17.6 Å². The number of fused-ring (bicyclic) bond motifs is 1. The third-order valence-electron chi connectivity index (χ3n) is 6.74. The van der Waals surface area contributed by atoms with E-state index in [4.69, 9.17) is 0 Å². The molecule has 0 saturated heterocycles. The molecule has 1 fully saturated rings. The molecular formula is C26H31N3O3. The Morgan fingerprint density at radius 2 is 1.72 bits per heavy atom. The van der Waals surface area contributed by atoms with Crippen LogP contribution >= 0.6 is 0 Å². The van der Waals surface area contributed by atoms with Gasteiger partial charge in [-0.15, -0.1) is 0 Å². The number of nitrogens with zero attached hydrogens (tertiary/aromatic N) is 1. The van der Waals surface area contributed by atoms with Crippen molar-refractivity contribution in [1.82, 2.24) is 4.90 Å². The van der Waals surface area contributed by atoms with Crippen molar-refractivity contribution in [3.8, 4) is 0 Å². The molecule has 0 bridgehead atoms. The van der Waals surface area contributed by atoms with Crippen LogP contribution in [0.5, 0.6) is 0 Å². The van der Waals surface area contributed by atoms with Gasteiger partial charge in [-0.1, -0.05) is 50.5 Å². The first kappa shape index (κ1) is 22.1. The summed E-state index contributed by atoms with van der Waals surface area (Å²) in [6.07, 6.45) is 5.61. The van der Waals surface area contributed by atoms with Crippen molar-refractivity contribution in [2.45, 2.75) is 63.8 Å². The zero-order chi connectivity index (χ0) is 22.7.